The second kappa shape index (κ2) is 9.50. The highest BCUT2D eigenvalue weighted by molar-refractivity contribution is 6.07. The molecule has 0 aliphatic rings. The van der Waals surface area contributed by atoms with Crippen molar-refractivity contribution in [2.75, 3.05) is 4.90 Å². The van der Waals surface area contributed by atoms with Gasteiger partial charge in [-0.1, -0.05) is 36.4 Å². The lowest BCUT2D eigenvalue weighted by Gasteiger charge is -2.23. The standard InChI is InChI=1S/C30H24N2O4/c1-19-15-20(2)29-24(16-19)27(34)17-28(36-29)21-10-12-22(13-11-21)30(35)32(18-23-7-5-6-14-31-23)25-8-3-4-9-26(25)33/h3-17,33H,18H2,1-2H3. The summed E-state index contributed by atoms with van der Waals surface area (Å²) in [6.45, 7) is 4.05. The maximum absolute atomic E-state index is 13.6. The number of pyridine rings is 1. The van der Waals surface area contributed by atoms with Gasteiger partial charge in [-0.15, -0.1) is 0 Å². The molecule has 0 saturated carbocycles. The Balaban J connectivity index is 1.50. The first-order valence-corrected chi connectivity index (χ1v) is 11.6. The van der Waals surface area contributed by atoms with E-state index in [0.717, 1.165) is 11.1 Å². The second-order valence-electron chi connectivity index (χ2n) is 8.71. The van der Waals surface area contributed by atoms with Gasteiger partial charge >= 0.3 is 0 Å². The molecule has 3 aromatic carbocycles. The fourth-order valence-electron chi connectivity index (χ4n) is 4.30. The topological polar surface area (TPSA) is 83.6 Å². The van der Waals surface area contributed by atoms with Crippen LogP contribution in [0.25, 0.3) is 22.3 Å². The van der Waals surface area contributed by atoms with Crippen LogP contribution in [0.1, 0.15) is 27.2 Å². The highest BCUT2D eigenvalue weighted by Gasteiger charge is 2.21. The predicted molar refractivity (Wildman–Crippen MR) is 140 cm³/mol. The van der Waals surface area contributed by atoms with Gasteiger partial charge in [0.15, 0.2) is 5.43 Å². The Morgan fingerprint density at radius 3 is 2.42 bits per heavy atom. The first-order valence-electron chi connectivity index (χ1n) is 11.6. The normalized spacial score (nSPS) is 10.9. The van der Waals surface area contributed by atoms with E-state index < -0.39 is 0 Å². The maximum atomic E-state index is 13.6. The monoisotopic (exact) mass is 476 g/mol. The first-order chi connectivity index (χ1) is 17.4. The van der Waals surface area contributed by atoms with Crippen molar-refractivity contribution in [3.05, 3.63) is 124 Å². The van der Waals surface area contributed by atoms with Gasteiger partial charge in [0.25, 0.3) is 5.91 Å². The van der Waals surface area contributed by atoms with Crippen LogP contribution in [0.4, 0.5) is 5.69 Å². The number of aromatic hydroxyl groups is 1. The minimum absolute atomic E-state index is 0.00180. The molecule has 0 aliphatic carbocycles. The molecule has 1 amide bonds. The number of anilines is 1. The summed E-state index contributed by atoms with van der Waals surface area (Å²) in [4.78, 5) is 32.1. The molecule has 2 heterocycles. The third-order valence-electron chi connectivity index (χ3n) is 6.04. The first kappa shape index (κ1) is 23.1. The van der Waals surface area contributed by atoms with Crippen molar-refractivity contribution in [2.24, 2.45) is 0 Å². The number of aryl methyl sites for hydroxylation is 2. The number of phenolic OH excluding ortho intramolecular Hbond substituents is 1. The number of rotatable bonds is 5. The number of nitrogens with zero attached hydrogens (tertiary/aromatic N) is 2. The van der Waals surface area contributed by atoms with Gasteiger partial charge in [0.1, 0.15) is 17.1 Å². The Morgan fingerprint density at radius 2 is 1.69 bits per heavy atom. The number of aromatic nitrogens is 1. The van der Waals surface area contributed by atoms with Crippen molar-refractivity contribution in [2.45, 2.75) is 20.4 Å². The molecule has 5 aromatic rings. The fourth-order valence-corrected chi connectivity index (χ4v) is 4.30. The maximum Gasteiger partial charge on any atom is 0.258 e. The van der Waals surface area contributed by atoms with Crippen LogP contribution in [-0.4, -0.2) is 16.0 Å². The molecule has 0 aliphatic heterocycles. The highest BCUT2D eigenvalue weighted by Crippen LogP contribution is 2.30. The Kier molecular flexibility index (Phi) is 6.09. The third kappa shape index (κ3) is 4.49. The zero-order valence-corrected chi connectivity index (χ0v) is 19.9. The van der Waals surface area contributed by atoms with Crippen LogP contribution in [0.5, 0.6) is 5.75 Å². The van der Waals surface area contributed by atoms with E-state index in [0.29, 0.717) is 39.2 Å². The molecule has 2 aromatic heterocycles. The summed E-state index contributed by atoms with van der Waals surface area (Å²) in [6, 6.07) is 24.4. The average molecular weight is 477 g/mol. The summed E-state index contributed by atoms with van der Waals surface area (Å²) in [7, 11) is 0. The van der Waals surface area contributed by atoms with Gasteiger partial charge in [-0.25, -0.2) is 0 Å². The summed E-state index contributed by atoms with van der Waals surface area (Å²) in [6.07, 6.45) is 1.66. The van der Waals surface area contributed by atoms with E-state index in [1.807, 2.05) is 44.2 Å². The number of benzene rings is 3. The lowest BCUT2D eigenvalue weighted by atomic mass is 10.0. The molecular formula is C30H24N2O4. The Morgan fingerprint density at radius 1 is 0.944 bits per heavy atom. The molecule has 6 nitrogen and oxygen atoms in total. The fraction of sp³-hybridized carbons (Fsp3) is 0.100. The van der Waals surface area contributed by atoms with Crippen LogP contribution < -0.4 is 10.3 Å². The molecule has 0 radical (unpaired) electrons. The van der Waals surface area contributed by atoms with Gasteiger partial charge in [0, 0.05) is 23.4 Å². The second-order valence-corrected chi connectivity index (χ2v) is 8.71. The minimum atomic E-state index is -0.292. The summed E-state index contributed by atoms with van der Waals surface area (Å²) < 4.78 is 6.09. The molecule has 0 atom stereocenters. The Bertz CT molecular complexity index is 1620. The van der Waals surface area contributed by atoms with Gasteiger partial charge in [0.05, 0.1) is 23.3 Å². The van der Waals surface area contributed by atoms with Crippen LogP contribution in [0.3, 0.4) is 0 Å². The molecule has 0 saturated heterocycles. The third-order valence-corrected chi connectivity index (χ3v) is 6.04. The van der Waals surface area contributed by atoms with Gasteiger partial charge in [-0.3, -0.25) is 19.5 Å². The van der Waals surface area contributed by atoms with Crippen LogP contribution in [0.15, 0.2) is 100 Å². The van der Waals surface area contributed by atoms with Crippen molar-refractivity contribution in [1.82, 2.24) is 4.98 Å². The number of carbonyl (C=O) groups excluding carboxylic acids is 1. The molecule has 5 rings (SSSR count). The number of carbonyl (C=O) groups is 1. The number of fused-ring (bicyclic) bond motifs is 1. The van der Waals surface area contributed by atoms with E-state index in [2.05, 4.69) is 4.98 Å². The summed E-state index contributed by atoms with van der Waals surface area (Å²) >= 11 is 0. The molecule has 0 unspecified atom stereocenters. The van der Waals surface area contributed by atoms with Crippen LogP contribution >= 0.6 is 0 Å². The van der Waals surface area contributed by atoms with Crippen molar-refractivity contribution in [3.8, 4) is 17.1 Å². The van der Waals surface area contributed by atoms with Gasteiger partial charge in [-0.05, 0) is 67.4 Å². The number of phenols is 1. The zero-order valence-electron chi connectivity index (χ0n) is 19.9. The van der Waals surface area contributed by atoms with Crippen molar-refractivity contribution in [3.63, 3.8) is 0 Å². The summed E-state index contributed by atoms with van der Waals surface area (Å²) in [5.74, 6) is 0.145. The van der Waals surface area contributed by atoms with Crippen molar-refractivity contribution in [1.29, 1.82) is 0 Å². The highest BCUT2D eigenvalue weighted by atomic mass is 16.3. The van der Waals surface area contributed by atoms with Gasteiger partial charge < -0.3 is 9.52 Å². The molecule has 0 spiro atoms. The minimum Gasteiger partial charge on any atom is -0.506 e. The molecule has 1 N–H and O–H groups in total. The molecule has 0 bridgehead atoms. The van der Waals surface area contributed by atoms with E-state index in [9.17, 15) is 14.7 Å². The molecule has 36 heavy (non-hydrogen) atoms. The van der Waals surface area contributed by atoms with E-state index in [1.54, 1.807) is 54.7 Å². The van der Waals surface area contributed by atoms with Crippen molar-refractivity contribution >= 4 is 22.6 Å². The lowest BCUT2D eigenvalue weighted by molar-refractivity contribution is 0.0984. The van der Waals surface area contributed by atoms with E-state index >= 15 is 0 Å². The molecular weight excluding hydrogens is 452 g/mol. The van der Waals surface area contributed by atoms with E-state index in [1.165, 1.54) is 11.0 Å². The van der Waals surface area contributed by atoms with Crippen LogP contribution in [0, 0.1) is 13.8 Å². The average Bonchev–Trinajstić information content (AvgIpc) is 2.88. The lowest BCUT2D eigenvalue weighted by Crippen LogP contribution is -2.30. The van der Waals surface area contributed by atoms with Crippen molar-refractivity contribution < 1.29 is 14.3 Å². The van der Waals surface area contributed by atoms with E-state index in [-0.39, 0.29) is 23.6 Å². The van der Waals surface area contributed by atoms with Gasteiger partial charge in [0.2, 0.25) is 0 Å². The SMILES string of the molecule is Cc1cc(C)c2oc(-c3ccc(C(=O)N(Cc4ccccn4)c4ccccc4O)cc3)cc(=O)c2c1. The van der Waals surface area contributed by atoms with Gasteiger partial charge in [-0.2, -0.15) is 0 Å². The molecule has 0 fully saturated rings. The Hall–Kier alpha value is -4.71. The van der Waals surface area contributed by atoms with Crippen LogP contribution in [-0.2, 0) is 6.54 Å². The predicted octanol–water partition coefficient (Wildman–Crippen LogP) is 6.02. The number of hydrogen-bond donors (Lipinski definition) is 1. The number of para-hydroxylation sites is 2. The van der Waals surface area contributed by atoms with Crippen LogP contribution in [0.2, 0.25) is 0 Å². The zero-order chi connectivity index (χ0) is 25.2. The largest absolute Gasteiger partial charge is 0.506 e. The Labute approximate surface area is 208 Å². The number of amides is 1. The molecule has 178 valence electrons. The number of hydrogen-bond acceptors (Lipinski definition) is 5. The smallest absolute Gasteiger partial charge is 0.258 e. The summed E-state index contributed by atoms with van der Waals surface area (Å²) in [5, 5.41) is 11.0. The van der Waals surface area contributed by atoms with E-state index in [4.69, 9.17) is 4.42 Å². The summed E-state index contributed by atoms with van der Waals surface area (Å²) in [5.41, 5.74) is 4.53. The molecule has 6 heteroatoms. The quantitative estimate of drug-likeness (QED) is 0.335.